The monoisotopic (exact) mass is 324 g/mol. The molecule has 21 heavy (non-hydrogen) atoms. The van der Waals surface area contributed by atoms with Gasteiger partial charge in [-0.2, -0.15) is 0 Å². The number of carbonyl (C=O) groups excluding carboxylic acids is 1. The van der Waals surface area contributed by atoms with Gasteiger partial charge in [0.25, 0.3) is 0 Å². The van der Waals surface area contributed by atoms with Crippen LogP contribution < -0.4 is 16.5 Å². The van der Waals surface area contributed by atoms with Crippen LogP contribution in [-0.2, 0) is 11.3 Å². The summed E-state index contributed by atoms with van der Waals surface area (Å²) in [5.74, 6) is 5.85. The molecule has 0 bridgehead atoms. The van der Waals surface area contributed by atoms with Gasteiger partial charge in [0.15, 0.2) is 5.69 Å². The fourth-order valence-electron chi connectivity index (χ4n) is 1.56. The van der Waals surface area contributed by atoms with Crippen LogP contribution in [0.1, 0.15) is 18.7 Å². The van der Waals surface area contributed by atoms with E-state index in [1.54, 1.807) is 17.7 Å². The Morgan fingerprint density at radius 1 is 1.52 bits per heavy atom. The van der Waals surface area contributed by atoms with Crippen LogP contribution >= 0.6 is 22.7 Å². The molecule has 0 aliphatic heterocycles. The lowest BCUT2D eigenvalue weighted by Crippen LogP contribution is -2.24. The summed E-state index contributed by atoms with van der Waals surface area (Å²) in [5, 5.41) is 8.52. The molecule has 4 N–H and O–H groups in total. The van der Waals surface area contributed by atoms with Crippen LogP contribution in [0, 0.1) is 0 Å². The molecule has 2 rings (SSSR count). The zero-order valence-corrected chi connectivity index (χ0v) is 13.6. The second-order valence-electron chi connectivity index (χ2n) is 4.29. The van der Waals surface area contributed by atoms with Crippen molar-refractivity contribution in [3.63, 3.8) is 0 Å². The van der Waals surface area contributed by atoms with E-state index in [2.05, 4.69) is 15.6 Å². The Bertz CT molecular complexity index is 647. The SMILES string of the molecule is CCNC=[N+](N)c1nc(-c2ccc(CNC(C)=O)s2)cs1. The number of carbonyl (C=O) groups is 1. The fourth-order valence-corrected chi connectivity index (χ4v) is 3.27. The molecule has 0 aliphatic rings. The summed E-state index contributed by atoms with van der Waals surface area (Å²) in [6, 6.07) is 4.01. The fraction of sp³-hybridized carbons (Fsp3) is 0.308. The van der Waals surface area contributed by atoms with Gasteiger partial charge >= 0.3 is 5.13 Å². The Labute approximate surface area is 131 Å². The first-order valence-electron chi connectivity index (χ1n) is 6.50. The summed E-state index contributed by atoms with van der Waals surface area (Å²) in [6.07, 6.45) is 1.69. The number of nitrogens with one attached hydrogen (secondary N) is 2. The number of thiophene rings is 1. The normalized spacial score (nSPS) is 11.4. The van der Waals surface area contributed by atoms with Gasteiger partial charge in [0, 0.05) is 17.2 Å². The van der Waals surface area contributed by atoms with Gasteiger partial charge in [0.2, 0.25) is 12.2 Å². The van der Waals surface area contributed by atoms with Gasteiger partial charge in [-0.3, -0.25) is 10.6 Å². The highest BCUT2D eigenvalue weighted by atomic mass is 32.1. The van der Waals surface area contributed by atoms with E-state index < -0.39 is 0 Å². The van der Waals surface area contributed by atoms with E-state index >= 15 is 0 Å². The number of hydrazone groups is 1. The maximum atomic E-state index is 10.9. The van der Waals surface area contributed by atoms with E-state index in [-0.39, 0.29) is 5.91 Å². The lowest BCUT2D eigenvalue weighted by molar-refractivity contribution is -0.448. The largest absolute Gasteiger partial charge is 0.351 e. The lowest BCUT2D eigenvalue weighted by atomic mass is 10.3. The minimum atomic E-state index is -0.0290. The molecule has 0 saturated heterocycles. The molecule has 112 valence electrons. The molecule has 2 aromatic heterocycles. The van der Waals surface area contributed by atoms with Gasteiger partial charge in [-0.1, -0.05) is 16.3 Å². The molecule has 2 aromatic rings. The van der Waals surface area contributed by atoms with E-state index in [0.29, 0.717) is 6.54 Å². The van der Waals surface area contributed by atoms with Crippen LogP contribution in [0.4, 0.5) is 5.13 Å². The van der Waals surface area contributed by atoms with E-state index in [4.69, 9.17) is 5.84 Å². The molecule has 1 amide bonds. The summed E-state index contributed by atoms with van der Waals surface area (Å²) in [7, 11) is 0. The smallest absolute Gasteiger partial charge is 0.343 e. The second-order valence-corrected chi connectivity index (χ2v) is 6.29. The van der Waals surface area contributed by atoms with Crippen molar-refractivity contribution in [2.24, 2.45) is 5.84 Å². The predicted molar refractivity (Wildman–Crippen MR) is 86.8 cm³/mol. The minimum Gasteiger partial charge on any atom is -0.351 e. The molecule has 2 heterocycles. The van der Waals surface area contributed by atoms with Gasteiger partial charge in [0.05, 0.1) is 18.0 Å². The predicted octanol–water partition coefficient (Wildman–Crippen LogP) is 1.66. The highest BCUT2D eigenvalue weighted by Gasteiger charge is 2.14. The number of thiazole rings is 1. The number of nitrogens with zero attached hydrogens (tertiary/aromatic N) is 2. The van der Waals surface area contributed by atoms with E-state index in [0.717, 1.165) is 27.1 Å². The molecule has 6 nitrogen and oxygen atoms in total. The number of amides is 1. The Kier molecular flexibility index (Phi) is 5.29. The number of nitrogens with two attached hydrogens (primary N) is 1. The minimum absolute atomic E-state index is 0.0290. The van der Waals surface area contributed by atoms with Crippen LogP contribution in [0.5, 0.6) is 0 Å². The molecule has 0 fully saturated rings. The average Bonchev–Trinajstić information content (AvgIpc) is 3.10. The summed E-state index contributed by atoms with van der Waals surface area (Å²) >= 11 is 3.10. The van der Waals surface area contributed by atoms with Crippen LogP contribution in [0.15, 0.2) is 17.5 Å². The second kappa shape index (κ2) is 7.19. The van der Waals surface area contributed by atoms with Gasteiger partial charge in [-0.05, 0) is 19.1 Å². The van der Waals surface area contributed by atoms with Crippen molar-refractivity contribution in [1.29, 1.82) is 0 Å². The number of hydrogen-bond donors (Lipinski definition) is 3. The third-order valence-electron chi connectivity index (χ3n) is 2.57. The Morgan fingerprint density at radius 2 is 2.33 bits per heavy atom. The van der Waals surface area contributed by atoms with Gasteiger partial charge in [0.1, 0.15) is 0 Å². The first-order valence-corrected chi connectivity index (χ1v) is 8.19. The molecule has 0 spiro atoms. The lowest BCUT2D eigenvalue weighted by Gasteiger charge is -1.96. The number of rotatable bonds is 6. The molecular formula is C13H18N5OS2+. The first kappa shape index (κ1) is 15.5. The standard InChI is InChI=1S/C13H17N5OS2/c1-3-15-8-18(14)13-17-11(7-20-13)12-5-4-10(21-12)6-16-9(2)19/h4-5,7-8H,3,6,14H2,1-2H3,(H,16,19)/p+1. The van der Waals surface area contributed by atoms with E-state index in [1.807, 2.05) is 24.4 Å². The van der Waals surface area contributed by atoms with E-state index in [1.165, 1.54) is 22.9 Å². The highest BCUT2D eigenvalue weighted by Crippen LogP contribution is 2.31. The summed E-state index contributed by atoms with van der Waals surface area (Å²) in [5.41, 5.74) is 0.898. The Morgan fingerprint density at radius 3 is 3.05 bits per heavy atom. The molecular weight excluding hydrogens is 306 g/mol. The van der Waals surface area contributed by atoms with Crippen LogP contribution in [-0.4, -0.2) is 28.5 Å². The van der Waals surface area contributed by atoms with Crippen molar-refractivity contribution in [2.45, 2.75) is 20.4 Å². The number of aromatic nitrogens is 1. The third-order valence-corrected chi connectivity index (χ3v) is 4.53. The quantitative estimate of drug-likeness (QED) is 0.248. The molecule has 8 heteroatoms. The molecule has 0 aromatic carbocycles. The van der Waals surface area contributed by atoms with Crippen LogP contribution in [0.3, 0.4) is 0 Å². The van der Waals surface area contributed by atoms with Crippen molar-refractivity contribution in [2.75, 3.05) is 6.54 Å². The molecule has 0 radical (unpaired) electrons. The Hall–Kier alpha value is -1.93. The van der Waals surface area contributed by atoms with Crippen molar-refractivity contribution >= 4 is 40.1 Å². The van der Waals surface area contributed by atoms with Gasteiger partial charge < -0.3 is 10.6 Å². The first-order chi connectivity index (χ1) is 10.1. The average molecular weight is 324 g/mol. The number of hydrazine groups is 1. The van der Waals surface area contributed by atoms with E-state index in [9.17, 15) is 4.79 Å². The topological polar surface area (TPSA) is 83.1 Å². The van der Waals surface area contributed by atoms with Gasteiger partial charge in [-0.25, -0.2) is 0 Å². The highest BCUT2D eigenvalue weighted by molar-refractivity contribution is 7.16. The number of hydrogen-bond acceptors (Lipinski definition) is 5. The molecule has 0 atom stereocenters. The van der Waals surface area contributed by atoms with Crippen molar-refractivity contribution in [1.82, 2.24) is 15.6 Å². The maximum Gasteiger partial charge on any atom is 0.343 e. The van der Waals surface area contributed by atoms with Crippen molar-refractivity contribution in [3.05, 3.63) is 22.4 Å². The van der Waals surface area contributed by atoms with Crippen LogP contribution in [0.2, 0.25) is 0 Å². The molecule has 0 aliphatic carbocycles. The summed E-state index contributed by atoms with van der Waals surface area (Å²) in [4.78, 5) is 17.6. The molecule has 0 unspecified atom stereocenters. The summed E-state index contributed by atoms with van der Waals surface area (Å²) in [6.45, 7) is 4.87. The zero-order valence-electron chi connectivity index (χ0n) is 11.9. The van der Waals surface area contributed by atoms with Crippen molar-refractivity contribution < 1.29 is 9.48 Å². The van der Waals surface area contributed by atoms with Crippen LogP contribution in [0.25, 0.3) is 10.6 Å². The maximum absolute atomic E-state index is 10.9. The zero-order chi connectivity index (χ0) is 15.2. The Balaban J connectivity index is 2.09. The van der Waals surface area contributed by atoms with Crippen molar-refractivity contribution in [3.8, 4) is 10.6 Å². The van der Waals surface area contributed by atoms with Gasteiger partial charge in [-0.15, -0.1) is 16.0 Å². The third kappa shape index (κ3) is 4.27. The molecule has 0 saturated carbocycles. The summed E-state index contributed by atoms with van der Waals surface area (Å²) < 4.78 is 1.48.